The van der Waals surface area contributed by atoms with Gasteiger partial charge in [-0.2, -0.15) is 0 Å². The number of nitrogens with zero attached hydrogens (tertiary/aromatic N) is 3. The molecule has 5 heterocycles. The second-order valence-electron chi connectivity index (χ2n) is 8.67. The molecule has 1 aromatic carbocycles. The molecule has 7 nitrogen and oxygen atoms in total. The van der Waals surface area contributed by atoms with Gasteiger partial charge in [-0.15, -0.1) is 0 Å². The molecule has 0 bridgehead atoms. The first kappa shape index (κ1) is 19.4. The number of nitrogens with one attached hydrogen (secondary N) is 4. The molecule has 4 N–H and O–H groups in total. The number of hydrogen-bond acceptors (Lipinski definition) is 5. The summed E-state index contributed by atoms with van der Waals surface area (Å²) in [5, 5.41) is 6.97. The molecule has 6 rings (SSSR count). The highest BCUT2D eigenvalue weighted by atomic mass is 15.0. The fourth-order valence-corrected chi connectivity index (χ4v) is 4.70. The predicted molar refractivity (Wildman–Crippen MR) is 125 cm³/mol. The maximum absolute atomic E-state index is 4.70. The molecule has 2 unspecified atom stereocenters. The monoisotopic (exact) mass is 425 g/mol. The number of aromatic amines is 2. The Morgan fingerprint density at radius 1 is 0.594 bits per heavy atom. The maximum atomic E-state index is 4.70. The first-order valence-electron chi connectivity index (χ1n) is 11.5. The normalized spacial score (nSPS) is 20.8. The molecule has 2 aliphatic rings. The fraction of sp³-hybridized carbons (Fsp3) is 0.320. The molecule has 2 fully saturated rings. The van der Waals surface area contributed by atoms with E-state index in [1.54, 1.807) is 0 Å². The van der Waals surface area contributed by atoms with Crippen LogP contribution in [0.25, 0.3) is 33.8 Å². The number of aromatic nitrogens is 5. The number of hydrogen-bond donors (Lipinski definition) is 4. The molecule has 32 heavy (non-hydrogen) atoms. The SMILES string of the molecule is c1cc(-c2cnc(C3CCCN3)[nH]2)ccc1-c1ccc(-c2cnc(C3CCCN3)[nH]2)cn1. The highest BCUT2D eigenvalue weighted by molar-refractivity contribution is 5.68. The van der Waals surface area contributed by atoms with Crippen LogP contribution in [0.5, 0.6) is 0 Å². The van der Waals surface area contributed by atoms with Crippen LogP contribution in [0.1, 0.15) is 49.4 Å². The van der Waals surface area contributed by atoms with Crippen molar-refractivity contribution in [3.63, 3.8) is 0 Å². The van der Waals surface area contributed by atoms with Crippen LogP contribution in [0.15, 0.2) is 55.0 Å². The van der Waals surface area contributed by atoms with E-state index in [2.05, 4.69) is 67.0 Å². The Kier molecular flexibility index (Phi) is 5.05. The van der Waals surface area contributed by atoms with Crippen LogP contribution in [0.4, 0.5) is 0 Å². The van der Waals surface area contributed by atoms with Gasteiger partial charge >= 0.3 is 0 Å². The summed E-state index contributed by atoms with van der Waals surface area (Å²) in [5.41, 5.74) is 6.29. The summed E-state index contributed by atoms with van der Waals surface area (Å²) in [6.45, 7) is 2.13. The predicted octanol–water partition coefficient (Wildman–Crippen LogP) is 4.38. The molecule has 7 heteroatoms. The summed E-state index contributed by atoms with van der Waals surface area (Å²) in [6.07, 6.45) is 10.4. The molecule has 0 aliphatic carbocycles. The third-order valence-corrected chi connectivity index (χ3v) is 6.54. The van der Waals surface area contributed by atoms with Gasteiger partial charge in [-0.25, -0.2) is 9.97 Å². The van der Waals surface area contributed by atoms with Crippen LogP contribution >= 0.6 is 0 Å². The first-order chi connectivity index (χ1) is 15.8. The van der Waals surface area contributed by atoms with Crippen LogP contribution in [-0.2, 0) is 0 Å². The second kappa shape index (κ2) is 8.33. The van der Waals surface area contributed by atoms with E-state index in [1.165, 1.54) is 12.8 Å². The Labute approximate surface area is 187 Å². The van der Waals surface area contributed by atoms with Crippen LogP contribution in [-0.4, -0.2) is 38.0 Å². The summed E-state index contributed by atoms with van der Waals surface area (Å²) in [6, 6.07) is 13.3. The highest BCUT2D eigenvalue weighted by Gasteiger charge is 2.20. The van der Waals surface area contributed by atoms with Crippen LogP contribution in [0.2, 0.25) is 0 Å². The van der Waals surface area contributed by atoms with Gasteiger partial charge in [0.05, 0.1) is 41.6 Å². The topological polar surface area (TPSA) is 94.3 Å². The molecule has 3 aromatic heterocycles. The lowest BCUT2D eigenvalue weighted by Crippen LogP contribution is -2.14. The average Bonchev–Trinajstić information content (AvgIpc) is 3.66. The number of benzene rings is 1. The summed E-state index contributed by atoms with van der Waals surface area (Å²) in [5.74, 6) is 2.05. The minimum Gasteiger partial charge on any atom is -0.341 e. The van der Waals surface area contributed by atoms with Gasteiger partial charge in [0.2, 0.25) is 0 Å². The Morgan fingerprint density at radius 2 is 1.16 bits per heavy atom. The van der Waals surface area contributed by atoms with Crippen LogP contribution < -0.4 is 10.6 Å². The van der Waals surface area contributed by atoms with Crippen LogP contribution in [0.3, 0.4) is 0 Å². The van der Waals surface area contributed by atoms with Crippen molar-refractivity contribution in [3.05, 3.63) is 66.6 Å². The lowest BCUT2D eigenvalue weighted by atomic mass is 10.1. The van der Waals surface area contributed by atoms with Gasteiger partial charge in [-0.1, -0.05) is 24.3 Å². The number of H-pyrrole nitrogens is 2. The van der Waals surface area contributed by atoms with E-state index in [9.17, 15) is 0 Å². The zero-order valence-corrected chi connectivity index (χ0v) is 17.9. The standard InChI is InChI=1S/C25H27N7/c1-3-20(26-11-1)24-29-14-22(31-24)17-7-5-16(6-8-17)19-10-9-18(13-28-19)23-15-30-25(32-23)21-4-2-12-27-21/h5-10,13-15,20-21,26-27H,1-4,11-12H2,(H,29,31)(H,30,32). The Morgan fingerprint density at radius 3 is 1.69 bits per heavy atom. The lowest BCUT2D eigenvalue weighted by Gasteiger charge is -2.06. The van der Waals surface area contributed by atoms with Crippen molar-refractivity contribution < 1.29 is 0 Å². The van der Waals surface area contributed by atoms with Crippen molar-refractivity contribution in [2.75, 3.05) is 13.1 Å². The summed E-state index contributed by atoms with van der Waals surface area (Å²) in [4.78, 5) is 20.8. The van der Waals surface area contributed by atoms with Crippen molar-refractivity contribution in [2.24, 2.45) is 0 Å². The van der Waals surface area contributed by atoms with Gasteiger partial charge in [-0.3, -0.25) is 4.98 Å². The minimum absolute atomic E-state index is 0.342. The van der Waals surface area contributed by atoms with Gasteiger partial charge in [-0.05, 0) is 56.5 Å². The number of imidazole rings is 2. The summed E-state index contributed by atoms with van der Waals surface area (Å²) in [7, 11) is 0. The van der Waals surface area contributed by atoms with E-state index in [0.717, 1.165) is 71.4 Å². The largest absolute Gasteiger partial charge is 0.341 e. The summed E-state index contributed by atoms with van der Waals surface area (Å²) < 4.78 is 0. The molecule has 162 valence electrons. The van der Waals surface area contributed by atoms with Gasteiger partial charge in [0, 0.05) is 17.3 Å². The minimum atomic E-state index is 0.342. The Balaban J connectivity index is 1.17. The van der Waals surface area contributed by atoms with Crippen molar-refractivity contribution in [3.8, 4) is 33.8 Å². The quantitative estimate of drug-likeness (QED) is 0.381. The highest BCUT2D eigenvalue weighted by Crippen LogP contribution is 2.28. The fourth-order valence-electron chi connectivity index (χ4n) is 4.70. The van der Waals surface area contributed by atoms with Crippen molar-refractivity contribution >= 4 is 0 Å². The Hall–Kier alpha value is -3.29. The van der Waals surface area contributed by atoms with E-state index in [1.807, 2.05) is 18.6 Å². The third-order valence-electron chi connectivity index (χ3n) is 6.54. The van der Waals surface area contributed by atoms with E-state index in [0.29, 0.717) is 12.1 Å². The molecule has 2 atom stereocenters. The van der Waals surface area contributed by atoms with Gasteiger partial charge in [0.25, 0.3) is 0 Å². The Bertz CT molecular complexity index is 1080. The molecule has 0 spiro atoms. The number of pyridine rings is 1. The average molecular weight is 426 g/mol. The number of rotatable bonds is 5. The van der Waals surface area contributed by atoms with Crippen molar-refractivity contribution in [1.82, 2.24) is 35.6 Å². The molecule has 0 radical (unpaired) electrons. The maximum Gasteiger partial charge on any atom is 0.123 e. The van der Waals surface area contributed by atoms with Gasteiger partial charge in [0.1, 0.15) is 11.6 Å². The third kappa shape index (κ3) is 3.74. The molecule has 0 saturated carbocycles. The second-order valence-corrected chi connectivity index (χ2v) is 8.67. The molecule has 2 saturated heterocycles. The van der Waals surface area contributed by atoms with E-state index in [-0.39, 0.29) is 0 Å². The lowest BCUT2D eigenvalue weighted by molar-refractivity contribution is 0.613. The molecule has 0 amide bonds. The van der Waals surface area contributed by atoms with Gasteiger partial charge in [0.15, 0.2) is 0 Å². The van der Waals surface area contributed by atoms with E-state index < -0.39 is 0 Å². The zero-order chi connectivity index (χ0) is 21.3. The first-order valence-corrected chi connectivity index (χ1v) is 11.5. The molecular formula is C25H27N7. The summed E-state index contributed by atoms with van der Waals surface area (Å²) >= 11 is 0. The van der Waals surface area contributed by atoms with Crippen LogP contribution in [0, 0.1) is 0 Å². The molecular weight excluding hydrogens is 398 g/mol. The smallest absolute Gasteiger partial charge is 0.123 e. The van der Waals surface area contributed by atoms with E-state index in [4.69, 9.17) is 4.98 Å². The van der Waals surface area contributed by atoms with Crippen molar-refractivity contribution in [1.29, 1.82) is 0 Å². The van der Waals surface area contributed by atoms with E-state index >= 15 is 0 Å². The van der Waals surface area contributed by atoms with Gasteiger partial charge < -0.3 is 20.6 Å². The van der Waals surface area contributed by atoms with Crippen molar-refractivity contribution in [2.45, 2.75) is 37.8 Å². The molecule has 4 aromatic rings. The molecule has 2 aliphatic heterocycles. The zero-order valence-electron chi connectivity index (χ0n) is 17.9.